The maximum absolute atomic E-state index is 12.4. The van der Waals surface area contributed by atoms with E-state index in [1.54, 1.807) is 6.07 Å². The lowest BCUT2D eigenvalue weighted by Crippen LogP contribution is -2.43. The topological polar surface area (TPSA) is 49.4 Å². The van der Waals surface area contributed by atoms with Crippen LogP contribution in [0.4, 0.5) is 0 Å². The molecule has 3 rings (SSSR count). The van der Waals surface area contributed by atoms with Gasteiger partial charge in [0, 0.05) is 23.2 Å². The molecule has 4 nitrogen and oxygen atoms in total. The van der Waals surface area contributed by atoms with Crippen LogP contribution >= 0.6 is 23.1 Å². The van der Waals surface area contributed by atoms with Crippen molar-refractivity contribution in [1.29, 1.82) is 0 Å². The van der Waals surface area contributed by atoms with Gasteiger partial charge in [0.1, 0.15) is 4.21 Å². The fraction of sp³-hybridized carbons (Fsp3) is 0.750. The van der Waals surface area contributed by atoms with Gasteiger partial charge in [0.05, 0.1) is 0 Å². The Morgan fingerprint density at radius 3 is 2.65 bits per heavy atom. The van der Waals surface area contributed by atoms with Gasteiger partial charge >= 0.3 is 0 Å². The zero-order chi connectivity index (χ0) is 16.3. The first-order valence-electron chi connectivity index (χ1n) is 8.48. The van der Waals surface area contributed by atoms with Gasteiger partial charge in [-0.2, -0.15) is 11.8 Å². The highest BCUT2D eigenvalue weighted by molar-refractivity contribution is 7.99. The first-order chi connectivity index (χ1) is 11.1. The van der Waals surface area contributed by atoms with Gasteiger partial charge in [-0.05, 0) is 62.6 Å². The van der Waals surface area contributed by atoms with Crippen molar-refractivity contribution in [3.63, 3.8) is 0 Å². The molecule has 0 amide bonds. The van der Waals surface area contributed by atoms with E-state index in [1.807, 2.05) is 13.0 Å². The molecule has 7 heteroatoms. The zero-order valence-electron chi connectivity index (χ0n) is 13.7. The molecule has 1 atom stereocenters. The second-order valence-electron chi connectivity index (χ2n) is 6.42. The molecule has 23 heavy (non-hydrogen) atoms. The van der Waals surface area contributed by atoms with Crippen LogP contribution in [0.5, 0.6) is 0 Å². The Balaban J connectivity index is 1.47. The van der Waals surface area contributed by atoms with Crippen LogP contribution in [0, 0.1) is 5.92 Å². The SMILES string of the molecule is CCc1ccc(S(=O)(=O)NCC2CCN(C3CCSC3)CC2)s1. The summed E-state index contributed by atoms with van der Waals surface area (Å²) in [6.45, 7) is 4.87. The third kappa shape index (κ3) is 4.51. The highest BCUT2D eigenvalue weighted by Gasteiger charge is 2.28. The number of rotatable bonds is 6. The molecule has 1 aromatic heterocycles. The standard InChI is InChI=1S/C16H26N2O2S3/c1-2-15-3-4-16(22-15)23(19,20)17-11-13-5-8-18(9-6-13)14-7-10-21-12-14/h3-4,13-14,17H,2,5-12H2,1H3. The number of nitrogens with zero attached hydrogens (tertiary/aromatic N) is 1. The van der Waals surface area contributed by atoms with Gasteiger partial charge in [-0.3, -0.25) is 4.90 Å². The summed E-state index contributed by atoms with van der Waals surface area (Å²) in [5.41, 5.74) is 0. The molecular weight excluding hydrogens is 348 g/mol. The number of nitrogens with one attached hydrogen (secondary N) is 1. The van der Waals surface area contributed by atoms with E-state index in [0.29, 0.717) is 16.7 Å². The molecule has 0 aromatic carbocycles. The minimum Gasteiger partial charge on any atom is -0.300 e. The summed E-state index contributed by atoms with van der Waals surface area (Å²) in [5.74, 6) is 3.04. The van der Waals surface area contributed by atoms with Gasteiger partial charge in [-0.1, -0.05) is 6.92 Å². The van der Waals surface area contributed by atoms with E-state index in [2.05, 4.69) is 21.4 Å². The average molecular weight is 375 g/mol. The van der Waals surface area contributed by atoms with Gasteiger partial charge in [0.25, 0.3) is 0 Å². The summed E-state index contributed by atoms with van der Waals surface area (Å²) in [7, 11) is -3.33. The van der Waals surface area contributed by atoms with Crippen molar-refractivity contribution in [1.82, 2.24) is 9.62 Å². The van der Waals surface area contributed by atoms with Crippen molar-refractivity contribution in [2.75, 3.05) is 31.1 Å². The number of aryl methyl sites for hydroxylation is 1. The molecular formula is C16H26N2O2S3. The summed E-state index contributed by atoms with van der Waals surface area (Å²) in [5, 5.41) is 0. The fourth-order valence-corrected chi connectivity index (χ4v) is 7.03. The van der Waals surface area contributed by atoms with E-state index in [1.165, 1.54) is 29.3 Å². The van der Waals surface area contributed by atoms with Crippen LogP contribution in [-0.4, -0.2) is 50.5 Å². The monoisotopic (exact) mass is 374 g/mol. The van der Waals surface area contributed by atoms with Crippen molar-refractivity contribution >= 4 is 33.1 Å². The number of piperidine rings is 1. The molecule has 2 fully saturated rings. The van der Waals surface area contributed by atoms with Gasteiger partial charge in [0.2, 0.25) is 10.0 Å². The van der Waals surface area contributed by atoms with Crippen molar-refractivity contribution < 1.29 is 8.42 Å². The Hall–Kier alpha value is -0.0800. The number of hydrogen-bond acceptors (Lipinski definition) is 5. The first-order valence-corrected chi connectivity index (χ1v) is 11.9. The van der Waals surface area contributed by atoms with Crippen LogP contribution in [0.25, 0.3) is 0 Å². The van der Waals surface area contributed by atoms with Gasteiger partial charge in [-0.25, -0.2) is 13.1 Å². The third-order valence-electron chi connectivity index (χ3n) is 4.88. The Labute approximate surface area is 148 Å². The molecule has 2 aliphatic heterocycles. The fourth-order valence-electron chi connectivity index (χ4n) is 3.32. The van der Waals surface area contributed by atoms with Crippen molar-refractivity contribution in [3.05, 3.63) is 17.0 Å². The van der Waals surface area contributed by atoms with E-state index in [-0.39, 0.29) is 0 Å². The molecule has 0 spiro atoms. The van der Waals surface area contributed by atoms with Gasteiger partial charge in [-0.15, -0.1) is 11.3 Å². The first kappa shape index (κ1) is 17.7. The van der Waals surface area contributed by atoms with Gasteiger partial charge in [0.15, 0.2) is 0 Å². The molecule has 0 bridgehead atoms. The number of thiophene rings is 1. The predicted molar refractivity (Wildman–Crippen MR) is 98.9 cm³/mol. The molecule has 1 unspecified atom stereocenters. The average Bonchev–Trinajstić information content (AvgIpc) is 3.25. The summed E-state index contributed by atoms with van der Waals surface area (Å²) >= 11 is 3.44. The highest BCUT2D eigenvalue weighted by atomic mass is 32.2. The maximum Gasteiger partial charge on any atom is 0.250 e. The molecule has 2 saturated heterocycles. The Morgan fingerprint density at radius 1 is 1.26 bits per heavy atom. The van der Waals surface area contributed by atoms with E-state index in [4.69, 9.17) is 0 Å². The molecule has 130 valence electrons. The second kappa shape index (κ2) is 7.87. The molecule has 1 N–H and O–H groups in total. The number of sulfonamides is 1. The lowest BCUT2D eigenvalue weighted by molar-refractivity contribution is 0.145. The Bertz CT molecular complexity index is 601. The Morgan fingerprint density at radius 2 is 2.04 bits per heavy atom. The lowest BCUT2D eigenvalue weighted by atomic mass is 9.96. The van der Waals surface area contributed by atoms with Crippen molar-refractivity contribution in [2.24, 2.45) is 5.92 Å². The van der Waals surface area contributed by atoms with E-state index < -0.39 is 10.0 Å². The lowest BCUT2D eigenvalue weighted by Gasteiger charge is -2.35. The number of likely N-dealkylation sites (tertiary alicyclic amines) is 1. The van der Waals surface area contributed by atoms with Crippen molar-refractivity contribution in [3.8, 4) is 0 Å². The zero-order valence-corrected chi connectivity index (χ0v) is 16.1. The number of hydrogen-bond donors (Lipinski definition) is 1. The Kier molecular flexibility index (Phi) is 6.07. The third-order valence-corrected chi connectivity index (χ3v) is 9.17. The molecule has 2 aliphatic rings. The molecule has 0 saturated carbocycles. The minimum absolute atomic E-state index is 0.453. The van der Waals surface area contributed by atoms with Crippen LogP contribution in [0.2, 0.25) is 0 Å². The minimum atomic E-state index is -3.33. The van der Waals surface area contributed by atoms with Crippen LogP contribution < -0.4 is 4.72 Å². The maximum atomic E-state index is 12.4. The van der Waals surface area contributed by atoms with Crippen LogP contribution in [0.15, 0.2) is 16.3 Å². The largest absolute Gasteiger partial charge is 0.300 e. The molecule has 0 radical (unpaired) electrons. The van der Waals surface area contributed by atoms with Crippen molar-refractivity contribution in [2.45, 2.75) is 42.9 Å². The van der Waals surface area contributed by atoms with Crippen LogP contribution in [0.1, 0.15) is 31.1 Å². The van der Waals surface area contributed by atoms with Gasteiger partial charge < -0.3 is 0 Å². The van der Waals surface area contributed by atoms with E-state index >= 15 is 0 Å². The molecule has 1 aromatic rings. The van der Waals surface area contributed by atoms with E-state index in [0.717, 1.165) is 43.3 Å². The second-order valence-corrected chi connectivity index (χ2v) is 10.7. The summed E-state index contributed by atoms with van der Waals surface area (Å²) in [6.07, 6.45) is 4.42. The summed E-state index contributed by atoms with van der Waals surface area (Å²) < 4.78 is 28.0. The van der Waals surface area contributed by atoms with Crippen LogP contribution in [-0.2, 0) is 16.4 Å². The summed E-state index contributed by atoms with van der Waals surface area (Å²) in [4.78, 5) is 3.73. The molecule has 0 aliphatic carbocycles. The highest BCUT2D eigenvalue weighted by Crippen LogP contribution is 2.27. The van der Waals surface area contributed by atoms with Crippen LogP contribution in [0.3, 0.4) is 0 Å². The normalized spacial score (nSPS) is 24.3. The molecule has 3 heterocycles. The predicted octanol–water partition coefficient (Wildman–Crippen LogP) is 2.81. The quantitative estimate of drug-likeness (QED) is 0.832. The number of thioether (sulfide) groups is 1. The van der Waals surface area contributed by atoms with E-state index in [9.17, 15) is 8.42 Å². The summed E-state index contributed by atoms with van der Waals surface area (Å²) in [6, 6.07) is 4.40. The smallest absolute Gasteiger partial charge is 0.250 e.